The van der Waals surface area contributed by atoms with E-state index in [0.29, 0.717) is 32.6 Å². The highest BCUT2D eigenvalue weighted by atomic mass is 32.1. The first-order valence-electron chi connectivity index (χ1n) is 9.47. The normalized spacial score (nSPS) is 13.7. The van der Waals surface area contributed by atoms with Crippen LogP contribution in [0.2, 0.25) is 0 Å². The molecule has 0 unspecified atom stereocenters. The van der Waals surface area contributed by atoms with Crippen LogP contribution in [0.5, 0.6) is 0 Å². The highest BCUT2D eigenvalue weighted by molar-refractivity contribution is 7.80. The molecule has 0 aromatic heterocycles. The van der Waals surface area contributed by atoms with Crippen LogP contribution in [0.15, 0.2) is 48.5 Å². The van der Waals surface area contributed by atoms with Crippen LogP contribution >= 0.6 is 12.2 Å². The van der Waals surface area contributed by atoms with Crippen molar-refractivity contribution >= 4 is 40.5 Å². The Balaban J connectivity index is 1.54. The molecule has 29 heavy (non-hydrogen) atoms. The van der Waals surface area contributed by atoms with E-state index >= 15 is 0 Å². The van der Waals surface area contributed by atoms with Crippen LogP contribution in [-0.2, 0) is 4.79 Å². The summed E-state index contributed by atoms with van der Waals surface area (Å²) in [6, 6.07) is 13.8. The van der Waals surface area contributed by atoms with Crippen LogP contribution in [0.1, 0.15) is 23.7 Å². The lowest BCUT2D eigenvalue weighted by Gasteiger charge is -2.36. The van der Waals surface area contributed by atoms with Gasteiger partial charge in [-0.2, -0.15) is 0 Å². The lowest BCUT2D eigenvalue weighted by atomic mass is 10.1. The molecule has 0 bridgehead atoms. The van der Waals surface area contributed by atoms with E-state index in [1.807, 2.05) is 24.3 Å². The van der Waals surface area contributed by atoms with Crippen molar-refractivity contribution < 1.29 is 14.0 Å². The highest BCUT2D eigenvalue weighted by Gasteiger charge is 2.24. The van der Waals surface area contributed by atoms with Gasteiger partial charge in [0, 0.05) is 44.0 Å². The Kier molecular flexibility index (Phi) is 6.77. The lowest BCUT2D eigenvalue weighted by molar-refractivity contribution is -0.119. The molecule has 152 valence electrons. The van der Waals surface area contributed by atoms with Crippen molar-refractivity contribution in [3.05, 3.63) is 59.9 Å². The number of nitrogens with one attached hydrogen (secondary N) is 2. The molecule has 6 nitrogen and oxygen atoms in total. The molecule has 0 saturated carbocycles. The van der Waals surface area contributed by atoms with Gasteiger partial charge in [0.2, 0.25) is 5.91 Å². The molecular weight excluding hydrogens is 391 g/mol. The number of benzene rings is 2. The number of carbonyl (C=O) groups is 2. The van der Waals surface area contributed by atoms with Gasteiger partial charge in [0.05, 0.1) is 5.56 Å². The van der Waals surface area contributed by atoms with E-state index in [-0.39, 0.29) is 22.5 Å². The van der Waals surface area contributed by atoms with Crippen molar-refractivity contribution in [3.63, 3.8) is 0 Å². The molecule has 0 atom stereocenters. The number of nitrogens with zero attached hydrogens (tertiary/aromatic N) is 2. The van der Waals surface area contributed by atoms with Crippen molar-refractivity contribution in [2.45, 2.75) is 13.3 Å². The molecule has 2 N–H and O–H groups in total. The van der Waals surface area contributed by atoms with Crippen LogP contribution in [-0.4, -0.2) is 48.0 Å². The minimum Gasteiger partial charge on any atom is -0.368 e. The van der Waals surface area contributed by atoms with Crippen LogP contribution < -0.4 is 15.5 Å². The smallest absolute Gasteiger partial charge is 0.256 e. The van der Waals surface area contributed by atoms with E-state index in [2.05, 4.69) is 15.5 Å². The molecule has 8 heteroatoms. The van der Waals surface area contributed by atoms with Gasteiger partial charge in [0.1, 0.15) is 5.82 Å². The molecular formula is C21H23FN4O2S. The first kappa shape index (κ1) is 20.7. The number of piperazine rings is 1. The summed E-state index contributed by atoms with van der Waals surface area (Å²) in [6.45, 7) is 4.15. The average Bonchev–Trinajstić information content (AvgIpc) is 2.74. The number of amides is 2. The minimum atomic E-state index is -0.490. The fourth-order valence-electron chi connectivity index (χ4n) is 3.11. The van der Waals surface area contributed by atoms with Crippen molar-refractivity contribution in [1.82, 2.24) is 10.2 Å². The van der Waals surface area contributed by atoms with Crippen LogP contribution in [0.3, 0.4) is 0 Å². The summed E-state index contributed by atoms with van der Waals surface area (Å²) in [4.78, 5) is 27.7. The zero-order chi connectivity index (χ0) is 20.8. The Hall–Kier alpha value is -3.00. The molecule has 2 aromatic rings. The molecule has 1 fully saturated rings. The maximum Gasteiger partial charge on any atom is 0.256 e. The van der Waals surface area contributed by atoms with E-state index in [9.17, 15) is 14.0 Å². The number of halogens is 1. The predicted molar refractivity (Wildman–Crippen MR) is 116 cm³/mol. The molecule has 2 aromatic carbocycles. The molecule has 0 spiro atoms. The minimum absolute atomic E-state index is 0.113. The van der Waals surface area contributed by atoms with Crippen molar-refractivity contribution in [3.8, 4) is 0 Å². The fourth-order valence-corrected chi connectivity index (χ4v) is 3.34. The van der Waals surface area contributed by atoms with Gasteiger partial charge in [0.25, 0.3) is 5.91 Å². The van der Waals surface area contributed by atoms with Gasteiger partial charge in [-0.1, -0.05) is 19.1 Å². The second-order valence-corrected chi connectivity index (χ2v) is 7.07. The van der Waals surface area contributed by atoms with Gasteiger partial charge >= 0.3 is 0 Å². The Morgan fingerprint density at radius 1 is 1.03 bits per heavy atom. The highest BCUT2D eigenvalue weighted by Crippen LogP contribution is 2.20. The van der Waals surface area contributed by atoms with Gasteiger partial charge in [-0.15, -0.1) is 0 Å². The monoisotopic (exact) mass is 414 g/mol. The summed E-state index contributed by atoms with van der Waals surface area (Å²) in [7, 11) is 0. The number of rotatable bonds is 4. The first-order chi connectivity index (χ1) is 14.0. The summed E-state index contributed by atoms with van der Waals surface area (Å²) < 4.78 is 13.9. The first-order valence-corrected chi connectivity index (χ1v) is 9.88. The largest absolute Gasteiger partial charge is 0.368 e. The zero-order valence-electron chi connectivity index (χ0n) is 16.2. The lowest BCUT2D eigenvalue weighted by Crippen LogP contribution is -2.49. The molecule has 2 amide bonds. The quantitative estimate of drug-likeness (QED) is 0.753. The zero-order valence-corrected chi connectivity index (χ0v) is 17.0. The number of anilines is 2. The molecule has 1 heterocycles. The maximum absolute atomic E-state index is 13.9. The van der Waals surface area contributed by atoms with Crippen LogP contribution in [0.25, 0.3) is 0 Å². The van der Waals surface area contributed by atoms with Crippen molar-refractivity contribution in [2.24, 2.45) is 0 Å². The number of hydrogen-bond acceptors (Lipinski definition) is 4. The number of carbonyl (C=O) groups excluding carboxylic acids is 2. The van der Waals surface area contributed by atoms with E-state index in [1.54, 1.807) is 24.0 Å². The van der Waals surface area contributed by atoms with Gasteiger partial charge in [-0.05, 0) is 48.6 Å². The topological polar surface area (TPSA) is 64.7 Å². The third-order valence-corrected chi connectivity index (χ3v) is 4.94. The average molecular weight is 415 g/mol. The standard InChI is InChI=1S/C21H23FN4O2S/c1-2-19(27)24-21(29)23-15-7-9-16(10-8-15)25-11-13-26(14-12-25)20(28)17-5-3-4-6-18(17)22/h3-10H,2,11-14H2,1H3,(H2,23,24,27,29). The third-order valence-electron chi connectivity index (χ3n) is 4.74. The molecule has 0 aliphatic carbocycles. The number of hydrogen-bond donors (Lipinski definition) is 2. The molecule has 3 rings (SSSR count). The molecule has 1 saturated heterocycles. The van der Waals surface area contributed by atoms with Gasteiger partial charge in [-0.25, -0.2) is 4.39 Å². The third kappa shape index (κ3) is 5.29. The Morgan fingerprint density at radius 2 is 1.69 bits per heavy atom. The molecule has 1 aliphatic heterocycles. The second-order valence-electron chi connectivity index (χ2n) is 6.66. The SMILES string of the molecule is CCC(=O)NC(=S)Nc1ccc(N2CCN(C(=O)c3ccccc3F)CC2)cc1. The van der Waals surface area contributed by atoms with Gasteiger partial charge < -0.3 is 20.4 Å². The summed E-state index contributed by atoms with van der Waals surface area (Å²) in [5.41, 5.74) is 1.92. The Morgan fingerprint density at radius 3 is 2.31 bits per heavy atom. The Bertz CT molecular complexity index is 896. The van der Waals surface area contributed by atoms with Crippen molar-refractivity contribution in [2.75, 3.05) is 36.4 Å². The fraction of sp³-hybridized carbons (Fsp3) is 0.286. The van der Waals surface area contributed by atoms with Gasteiger partial charge in [-0.3, -0.25) is 9.59 Å². The maximum atomic E-state index is 13.9. The van der Waals surface area contributed by atoms with E-state index in [4.69, 9.17) is 12.2 Å². The molecule has 0 radical (unpaired) electrons. The van der Waals surface area contributed by atoms with E-state index < -0.39 is 5.82 Å². The second kappa shape index (κ2) is 9.47. The van der Waals surface area contributed by atoms with E-state index in [1.165, 1.54) is 12.1 Å². The predicted octanol–water partition coefficient (Wildman–Crippen LogP) is 3.01. The summed E-state index contributed by atoms with van der Waals surface area (Å²) in [5.74, 6) is -0.900. The van der Waals surface area contributed by atoms with Gasteiger partial charge in [0.15, 0.2) is 5.11 Å². The Labute approximate surface area is 174 Å². The van der Waals surface area contributed by atoms with E-state index in [0.717, 1.165) is 11.4 Å². The number of thiocarbonyl (C=S) groups is 1. The summed E-state index contributed by atoms with van der Waals surface area (Å²) in [5, 5.41) is 5.84. The van der Waals surface area contributed by atoms with Crippen molar-refractivity contribution in [1.29, 1.82) is 0 Å². The van der Waals surface area contributed by atoms with Crippen LogP contribution in [0, 0.1) is 5.82 Å². The van der Waals surface area contributed by atoms with Crippen LogP contribution in [0.4, 0.5) is 15.8 Å². The summed E-state index contributed by atoms with van der Waals surface area (Å²) in [6.07, 6.45) is 0.367. The summed E-state index contributed by atoms with van der Waals surface area (Å²) >= 11 is 5.11. The molecule has 1 aliphatic rings.